The van der Waals surface area contributed by atoms with Gasteiger partial charge in [0.2, 0.25) is 0 Å². The summed E-state index contributed by atoms with van der Waals surface area (Å²) in [6, 6.07) is 10.7. The van der Waals surface area contributed by atoms with E-state index < -0.39 is 0 Å². The van der Waals surface area contributed by atoms with E-state index in [1.807, 2.05) is 29.0 Å². The molecule has 0 spiro atoms. The molecular weight excluding hydrogens is 246 g/mol. The molecule has 106 valence electrons. The highest BCUT2D eigenvalue weighted by atomic mass is 15.3. The second kappa shape index (κ2) is 6.53. The number of nitrogens with one attached hydrogen (secondary N) is 1. The van der Waals surface area contributed by atoms with E-state index in [0.29, 0.717) is 6.04 Å². The van der Waals surface area contributed by atoms with Crippen molar-refractivity contribution >= 4 is 0 Å². The first-order chi connectivity index (χ1) is 9.63. The lowest BCUT2D eigenvalue weighted by Crippen LogP contribution is -2.25. The number of rotatable bonds is 6. The topological polar surface area (TPSA) is 29.9 Å². The largest absolute Gasteiger partial charge is 0.310 e. The monoisotopic (exact) mass is 269 g/mol. The minimum Gasteiger partial charge on any atom is -0.310 e. The third-order valence-electron chi connectivity index (χ3n) is 3.59. The number of hydrogen-bond donors (Lipinski definition) is 1. The van der Waals surface area contributed by atoms with Gasteiger partial charge in [0.1, 0.15) is 0 Å². The van der Waals surface area contributed by atoms with Gasteiger partial charge in [-0.15, -0.1) is 6.58 Å². The lowest BCUT2D eigenvalue weighted by atomic mass is 10.1. The van der Waals surface area contributed by atoms with Gasteiger partial charge >= 0.3 is 0 Å². The summed E-state index contributed by atoms with van der Waals surface area (Å²) < 4.78 is 2.02. The zero-order valence-corrected chi connectivity index (χ0v) is 12.6. The van der Waals surface area contributed by atoms with Crippen LogP contribution in [-0.4, -0.2) is 15.8 Å². The fourth-order valence-electron chi connectivity index (χ4n) is 2.36. The number of hydrogen-bond acceptors (Lipinski definition) is 2. The first kappa shape index (κ1) is 14.5. The van der Waals surface area contributed by atoms with Crippen molar-refractivity contribution in [2.75, 3.05) is 0 Å². The Bertz CT molecular complexity index is 569. The Morgan fingerprint density at radius 1 is 1.30 bits per heavy atom. The lowest BCUT2D eigenvalue weighted by Gasteiger charge is -2.12. The molecule has 1 atom stereocenters. The van der Waals surface area contributed by atoms with Gasteiger partial charge in [0.25, 0.3) is 0 Å². The second-order valence-electron chi connectivity index (χ2n) is 5.20. The Hall–Kier alpha value is -1.87. The average Bonchev–Trinajstić information content (AvgIpc) is 2.73. The molecular formula is C17H23N3. The van der Waals surface area contributed by atoms with E-state index in [2.05, 4.69) is 49.9 Å². The highest BCUT2D eigenvalue weighted by Crippen LogP contribution is 2.17. The highest BCUT2D eigenvalue weighted by Gasteiger charge is 2.12. The molecule has 0 aliphatic rings. The molecule has 1 heterocycles. The molecule has 0 amide bonds. The fourth-order valence-corrected chi connectivity index (χ4v) is 2.36. The molecule has 20 heavy (non-hydrogen) atoms. The number of benzene rings is 1. The first-order valence-electron chi connectivity index (χ1n) is 7.08. The van der Waals surface area contributed by atoms with Crippen LogP contribution in [0.2, 0.25) is 0 Å². The van der Waals surface area contributed by atoms with Crippen LogP contribution in [0, 0.1) is 13.8 Å². The molecule has 1 N–H and O–H groups in total. The zero-order valence-electron chi connectivity index (χ0n) is 12.6. The van der Waals surface area contributed by atoms with Gasteiger partial charge in [0, 0.05) is 23.8 Å². The van der Waals surface area contributed by atoms with E-state index in [1.54, 1.807) is 0 Å². The average molecular weight is 269 g/mol. The summed E-state index contributed by atoms with van der Waals surface area (Å²) in [5.41, 5.74) is 4.68. The van der Waals surface area contributed by atoms with E-state index in [9.17, 15) is 0 Å². The highest BCUT2D eigenvalue weighted by molar-refractivity contribution is 5.36. The molecule has 2 rings (SSSR count). The maximum absolute atomic E-state index is 4.66. The van der Waals surface area contributed by atoms with Crippen molar-refractivity contribution in [2.24, 2.45) is 0 Å². The molecule has 0 aliphatic carbocycles. The van der Waals surface area contributed by atoms with Crippen molar-refractivity contribution in [1.82, 2.24) is 15.1 Å². The van der Waals surface area contributed by atoms with Gasteiger partial charge in [0.05, 0.1) is 11.4 Å². The number of nitrogens with zero attached hydrogens (tertiary/aromatic N) is 2. The van der Waals surface area contributed by atoms with Crippen molar-refractivity contribution in [3.63, 3.8) is 0 Å². The van der Waals surface area contributed by atoms with Crippen LogP contribution in [0.4, 0.5) is 0 Å². The molecule has 0 fully saturated rings. The molecule has 1 aromatic carbocycles. The maximum atomic E-state index is 4.66. The summed E-state index contributed by atoms with van der Waals surface area (Å²) in [6.07, 6.45) is 2.93. The minimum atomic E-state index is 0.436. The van der Waals surface area contributed by atoms with Gasteiger partial charge in [-0.05, 0) is 39.3 Å². The number of aryl methyl sites for hydroxylation is 1. The van der Waals surface area contributed by atoms with E-state index in [4.69, 9.17) is 0 Å². The molecule has 0 saturated carbocycles. The number of para-hydroxylation sites is 1. The smallest absolute Gasteiger partial charge is 0.0648 e. The zero-order chi connectivity index (χ0) is 14.5. The molecule has 2 aromatic rings. The van der Waals surface area contributed by atoms with Crippen molar-refractivity contribution in [1.29, 1.82) is 0 Å². The lowest BCUT2D eigenvalue weighted by molar-refractivity contribution is 0.551. The Morgan fingerprint density at radius 2 is 2.00 bits per heavy atom. The Morgan fingerprint density at radius 3 is 2.65 bits per heavy atom. The molecule has 1 unspecified atom stereocenters. The quantitative estimate of drug-likeness (QED) is 0.813. The van der Waals surface area contributed by atoms with Gasteiger partial charge in [-0.3, -0.25) is 0 Å². The van der Waals surface area contributed by atoms with Crippen LogP contribution in [0.3, 0.4) is 0 Å². The summed E-state index contributed by atoms with van der Waals surface area (Å²) in [6.45, 7) is 11.0. The predicted molar refractivity (Wildman–Crippen MR) is 84.2 cm³/mol. The summed E-state index contributed by atoms with van der Waals surface area (Å²) in [5.74, 6) is 0. The van der Waals surface area contributed by atoms with E-state index >= 15 is 0 Å². The van der Waals surface area contributed by atoms with Crippen LogP contribution in [0.15, 0.2) is 43.0 Å². The molecule has 0 bridgehead atoms. The molecule has 1 aromatic heterocycles. The molecule has 3 heteroatoms. The van der Waals surface area contributed by atoms with Crippen LogP contribution in [0.5, 0.6) is 0 Å². The summed E-state index contributed by atoms with van der Waals surface area (Å²) >= 11 is 0. The minimum absolute atomic E-state index is 0.436. The Labute approximate surface area is 121 Å². The molecule has 0 radical (unpaired) electrons. The van der Waals surface area contributed by atoms with Gasteiger partial charge < -0.3 is 5.32 Å². The number of aromatic nitrogens is 2. The molecule has 0 saturated heterocycles. The third kappa shape index (κ3) is 3.17. The van der Waals surface area contributed by atoms with Crippen LogP contribution < -0.4 is 5.32 Å². The van der Waals surface area contributed by atoms with Crippen LogP contribution in [-0.2, 0) is 6.54 Å². The van der Waals surface area contributed by atoms with E-state index in [0.717, 1.165) is 24.3 Å². The van der Waals surface area contributed by atoms with Crippen molar-refractivity contribution in [3.05, 3.63) is 59.9 Å². The van der Waals surface area contributed by atoms with Gasteiger partial charge in [-0.25, -0.2) is 4.68 Å². The third-order valence-corrected chi connectivity index (χ3v) is 3.59. The van der Waals surface area contributed by atoms with Gasteiger partial charge in [-0.1, -0.05) is 24.3 Å². The second-order valence-corrected chi connectivity index (χ2v) is 5.20. The first-order valence-corrected chi connectivity index (χ1v) is 7.08. The standard InChI is InChI=1S/C17H23N3/c1-5-9-13(2)18-12-17-14(3)19-20(15(17)4)16-10-7-6-8-11-16/h5-8,10-11,13,18H,1,9,12H2,2-4H3. The Balaban J connectivity index is 2.19. The Kier molecular flexibility index (Phi) is 4.74. The summed E-state index contributed by atoms with van der Waals surface area (Å²) in [5, 5.41) is 8.18. The van der Waals surface area contributed by atoms with E-state index in [1.165, 1.54) is 11.3 Å². The van der Waals surface area contributed by atoms with Crippen molar-refractivity contribution in [3.8, 4) is 5.69 Å². The summed E-state index contributed by atoms with van der Waals surface area (Å²) in [7, 11) is 0. The van der Waals surface area contributed by atoms with Gasteiger partial charge in [-0.2, -0.15) is 5.10 Å². The molecule has 3 nitrogen and oxygen atoms in total. The molecule has 0 aliphatic heterocycles. The van der Waals surface area contributed by atoms with Crippen LogP contribution >= 0.6 is 0 Å². The van der Waals surface area contributed by atoms with Crippen molar-refractivity contribution in [2.45, 2.75) is 39.8 Å². The SMILES string of the molecule is C=CCC(C)NCc1c(C)nn(-c2ccccc2)c1C. The normalized spacial score (nSPS) is 12.3. The maximum Gasteiger partial charge on any atom is 0.0648 e. The van der Waals surface area contributed by atoms with Gasteiger partial charge in [0.15, 0.2) is 0 Å². The van der Waals surface area contributed by atoms with E-state index in [-0.39, 0.29) is 0 Å². The van der Waals surface area contributed by atoms with Crippen molar-refractivity contribution < 1.29 is 0 Å². The summed E-state index contributed by atoms with van der Waals surface area (Å²) in [4.78, 5) is 0. The fraction of sp³-hybridized carbons (Fsp3) is 0.353. The van der Waals surface area contributed by atoms with Crippen LogP contribution in [0.25, 0.3) is 5.69 Å². The van der Waals surface area contributed by atoms with Crippen LogP contribution in [0.1, 0.15) is 30.3 Å². The predicted octanol–water partition coefficient (Wildman–Crippen LogP) is 3.54.